The van der Waals surface area contributed by atoms with Gasteiger partial charge in [0.15, 0.2) is 0 Å². The molecule has 224 valence electrons. The third-order valence-electron chi connectivity index (χ3n) is 9.82. The molecule has 0 spiro atoms. The molecule has 2 aliphatic heterocycles. The van der Waals surface area contributed by atoms with E-state index in [-0.39, 0.29) is 6.92 Å². The van der Waals surface area contributed by atoms with Crippen LogP contribution in [0.2, 0.25) is 0 Å². The van der Waals surface area contributed by atoms with E-state index in [2.05, 4.69) is 186 Å². The van der Waals surface area contributed by atoms with Crippen molar-refractivity contribution in [2.45, 2.75) is 0 Å². The molecule has 2 aliphatic rings. The van der Waals surface area contributed by atoms with Gasteiger partial charge >= 0.3 is 6.92 Å². The van der Waals surface area contributed by atoms with Gasteiger partial charge in [0, 0.05) is 50.9 Å². The third-order valence-corrected chi connectivity index (χ3v) is 9.82. The molecular formula is C44H29BN2O. The number of anilines is 3. The van der Waals surface area contributed by atoms with Crippen molar-refractivity contribution in [1.29, 1.82) is 0 Å². The van der Waals surface area contributed by atoms with Gasteiger partial charge < -0.3 is 14.1 Å². The van der Waals surface area contributed by atoms with Crippen molar-refractivity contribution >= 4 is 45.8 Å². The topological polar surface area (TPSA) is 17.4 Å². The van der Waals surface area contributed by atoms with Crippen LogP contribution in [0, 0.1) is 0 Å². The van der Waals surface area contributed by atoms with Crippen molar-refractivity contribution in [3.63, 3.8) is 0 Å². The van der Waals surface area contributed by atoms with E-state index in [1.54, 1.807) is 0 Å². The van der Waals surface area contributed by atoms with Crippen LogP contribution in [0.4, 0.5) is 17.1 Å². The number of fused-ring (bicyclic) bond motifs is 6. The Morgan fingerprint density at radius 2 is 1.10 bits per heavy atom. The van der Waals surface area contributed by atoms with Gasteiger partial charge in [-0.05, 0) is 76.2 Å². The van der Waals surface area contributed by atoms with Gasteiger partial charge in [-0.3, -0.25) is 0 Å². The largest absolute Gasteiger partial charge is 0.551 e. The van der Waals surface area contributed by atoms with Gasteiger partial charge in [0.05, 0.1) is 5.52 Å². The van der Waals surface area contributed by atoms with Crippen LogP contribution in [0.25, 0.3) is 50.0 Å². The van der Waals surface area contributed by atoms with Gasteiger partial charge in [0.1, 0.15) is 5.75 Å². The number of aromatic nitrogens is 1. The lowest BCUT2D eigenvalue weighted by atomic mass is 9.49. The fraction of sp³-hybridized carbons (Fsp3) is 0. The van der Waals surface area contributed by atoms with Crippen molar-refractivity contribution in [3.8, 4) is 44.8 Å². The second-order valence-electron chi connectivity index (χ2n) is 12.5. The summed E-state index contributed by atoms with van der Waals surface area (Å²) in [5.41, 5.74) is 15.2. The Balaban J connectivity index is 1.27. The van der Waals surface area contributed by atoms with Crippen molar-refractivity contribution in [2.75, 3.05) is 4.90 Å². The zero-order chi connectivity index (χ0) is 31.6. The molecule has 4 heteroatoms. The quantitative estimate of drug-likeness (QED) is 0.184. The molecule has 3 heterocycles. The summed E-state index contributed by atoms with van der Waals surface area (Å²) in [5.74, 6) is 0.908. The lowest BCUT2D eigenvalue weighted by Crippen LogP contribution is -2.56. The lowest BCUT2D eigenvalue weighted by Gasteiger charge is -2.40. The Labute approximate surface area is 280 Å². The summed E-state index contributed by atoms with van der Waals surface area (Å²) in [6.45, 7) is -0.271. The smallest absolute Gasteiger partial charge is 0.431 e. The highest BCUT2D eigenvalue weighted by atomic mass is 16.4. The summed E-state index contributed by atoms with van der Waals surface area (Å²) in [7, 11) is 0. The Bertz CT molecular complexity index is 2470. The third kappa shape index (κ3) is 4.09. The molecule has 7 aromatic carbocycles. The summed E-state index contributed by atoms with van der Waals surface area (Å²) < 4.78 is 9.39. The van der Waals surface area contributed by atoms with Crippen LogP contribution >= 0.6 is 0 Å². The Hall–Kier alpha value is -6.26. The number of para-hydroxylation sites is 2. The number of benzene rings is 7. The molecule has 0 saturated heterocycles. The van der Waals surface area contributed by atoms with Gasteiger partial charge in [-0.15, -0.1) is 0 Å². The molecule has 0 bridgehead atoms. The van der Waals surface area contributed by atoms with Crippen LogP contribution in [0.5, 0.6) is 5.75 Å². The number of rotatable bonds is 4. The average Bonchev–Trinajstić information content (AvgIpc) is 3.60. The van der Waals surface area contributed by atoms with Crippen LogP contribution in [-0.2, 0) is 0 Å². The Kier molecular flexibility index (Phi) is 5.97. The molecule has 0 fully saturated rings. The minimum absolute atomic E-state index is 0.271. The molecule has 0 atom stereocenters. The molecule has 10 rings (SSSR count). The fourth-order valence-corrected chi connectivity index (χ4v) is 7.64. The molecule has 0 unspecified atom stereocenters. The molecule has 8 aromatic rings. The average molecular weight is 613 g/mol. The lowest BCUT2D eigenvalue weighted by molar-refractivity contribution is 0.590. The molecule has 0 radical (unpaired) electrons. The monoisotopic (exact) mass is 612 g/mol. The summed E-state index contributed by atoms with van der Waals surface area (Å²) >= 11 is 0. The first-order chi connectivity index (χ1) is 23.8. The zero-order valence-corrected chi connectivity index (χ0v) is 26.1. The highest BCUT2D eigenvalue weighted by Crippen LogP contribution is 2.47. The molecule has 0 saturated carbocycles. The fourth-order valence-electron chi connectivity index (χ4n) is 7.64. The zero-order valence-electron chi connectivity index (χ0n) is 26.1. The summed E-state index contributed by atoms with van der Waals surface area (Å²) in [6, 6.07) is 60.8. The van der Waals surface area contributed by atoms with Crippen LogP contribution in [0.15, 0.2) is 176 Å². The van der Waals surface area contributed by atoms with E-state index in [4.69, 9.17) is 4.65 Å². The Morgan fingerprint density at radius 1 is 0.479 bits per heavy atom. The normalized spacial score (nSPS) is 12.7. The minimum atomic E-state index is -0.271. The maximum absolute atomic E-state index is 7.05. The molecular weight excluding hydrogens is 583 g/mol. The van der Waals surface area contributed by atoms with E-state index >= 15 is 0 Å². The van der Waals surface area contributed by atoms with Crippen molar-refractivity contribution < 1.29 is 4.65 Å². The second-order valence-corrected chi connectivity index (χ2v) is 12.5. The predicted octanol–water partition coefficient (Wildman–Crippen LogP) is 9.91. The SMILES string of the molecule is c1ccc(-c2ccc(N3c4ccc(-c5ccccc5)cc4B4Oc5ccccc5-c5c4c3cc3ccn(-c4ccccc4)c53)cc2)cc1. The molecule has 0 N–H and O–H groups in total. The standard InChI is InChI=1S/C44H29BN2O/c1-4-12-30(13-5-1)32-20-23-36(24-21-32)47-39-25-22-33(31-14-6-2-7-15-31)28-38(39)45-43-40(47)29-34-26-27-46(35-16-8-3-9-17-35)44(34)42(43)37-18-10-11-19-41(37)48-45/h1-29H. The number of hydrogen-bond acceptors (Lipinski definition) is 2. The van der Waals surface area contributed by atoms with Gasteiger partial charge in [-0.25, -0.2) is 0 Å². The van der Waals surface area contributed by atoms with E-state index in [1.807, 2.05) is 0 Å². The van der Waals surface area contributed by atoms with E-state index in [0.717, 1.165) is 39.5 Å². The summed E-state index contributed by atoms with van der Waals surface area (Å²) in [4.78, 5) is 2.44. The summed E-state index contributed by atoms with van der Waals surface area (Å²) in [6.07, 6.45) is 2.20. The van der Waals surface area contributed by atoms with E-state index in [1.165, 1.54) is 44.2 Å². The first kappa shape index (κ1) is 26.9. The molecule has 48 heavy (non-hydrogen) atoms. The first-order valence-electron chi connectivity index (χ1n) is 16.5. The van der Waals surface area contributed by atoms with Crippen molar-refractivity contribution in [2.24, 2.45) is 0 Å². The number of nitrogens with zero attached hydrogens (tertiary/aromatic N) is 2. The molecule has 1 aromatic heterocycles. The predicted molar refractivity (Wildman–Crippen MR) is 200 cm³/mol. The van der Waals surface area contributed by atoms with Crippen molar-refractivity contribution in [1.82, 2.24) is 4.57 Å². The van der Waals surface area contributed by atoms with Gasteiger partial charge in [0.25, 0.3) is 0 Å². The van der Waals surface area contributed by atoms with Crippen LogP contribution in [0.1, 0.15) is 0 Å². The van der Waals surface area contributed by atoms with Crippen LogP contribution < -0.4 is 20.5 Å². The molecule has 3 nitrogen and oxygen atoms in total. The van der Waals surface area contributed by atoms with Crippen molar-refractivity contribution in [3.05, 3.63) is 176 Å². The van der Waals surface area contributed by atoms with E-state index < -0.39 is 0 Å². The van der Waals surface area contributed by atoms with E-state index in [9.17, 15) is 0 Å². The van der Waals surface area contributed by atoms with Gasteiger partial charge in [-0.1, -0.05) is 121 Å². The highest BCUT2D eigenvalue weighted by molar-refractivity contribution is 6.86. The maximum Gasteiger partial charge on any atom is 0.431 e. The minimum Gasteiger partial charge on any atom is -0.551 e. The molecule has 0 amide bonds. The first-order valence-corrected chi connectivity index (χ1v) is 16.5. The van der Waals surface area contributed by atoms with Crippen LogP contribution in [0.3, 0.4) is 0 Å². The molecule has 0 aliphatic carbocycles. The highest BCUT2D eigenvalue weighted by Gasteiger charge is 2.44. The second kappa shape index (κ2) is 10.6. The van der Waals surface area contributed by atoms with Gasteiger partial charge in [-0.2, -0.15) is 0 Å². The van der Waals surface area contributed by atoms with Gasteiger partial charge in [0.2, 0.25) is 0 Å². The maximum atomic E-state index is 7.05. The summed E-state index contributed by atoms with van der Waals surface area (Å²) in [5, 5.41) is 1.19. The number of hydrogen-bond donors (Lipinski definition) is 0. The van der Waals surface area contributed by atoms with E-state index in [0.29, 0.717) is 0 Å². The van der Waals surface area contributed by atoms with Crippen LogP contribution in [-0.4, -0.2) is 11.5 Å². The Morgan fingerprint density at radius 3 is 1.85 bits per heavy atom.